The molecule has 0 aliphatic heterocycles. The van der Waals surface area contributed by atoms with Gasteiger partial charge in [0, 0.05) is 13.6 Å². The highest BCUT2D eigenvalue weighted by Crippen LogP contribution is 2.28. The second-order valence-corrected chi connectivity index (χ2v) is 9.55. The summed E-state index contributed by atoms with van der Waals surface area (Å²) in [6.07, 6.45) is 0. The van der Waals surface area contributed by atoms with Gasteiger partial charge in [-0.1, -0.05) is 24.3 Å². The molecule has 1 amide bonds. The first kappa shape index (κ1) is 25.9. The van der Waals surface area contributed by atoms with Crippen molar-refractivity contribution >= 4 is 21.6 Å². The first-order valence-corrected chi connectivity index (χ1v) is 12.5. The summed E-state index contributed by atoms with van der Waals surface area (Å²) < 4.78 is 44.2. The second-order valence-electron chi connectivity index (χ2n) is 7.69. The molecule has 3 aromatic rings. The largest absolute Gasteiger partial charge is 0.494 e. The van der Waals surface area contributed by atoms with Crippen LogP contribution in [0.15, 0.2) is 77.7 Å². The van der Waals surface area contributed by atoms with Gasteiger partial charge in [-0.3, -0.25) is 9.10 Å². The van der Waals surface area contributed by atoms with Gasteiger partial charge >= 0.3 is 0 Å². The predicted octanol–water partition coefficient (Wildman–Crippen LogP) is 3.96. The Balaban J connectivity index is 1.85. The number of nitrogens with zero attached hydrogens (tertiary/aromatic N) is 2. The van der Waals surface area contributed by atoms with Gasteiger partial charge in [-0.15, -0.1) is 0 Å². The standard InChI is InChI=1S/C26H30N2O6S/c1-5-34-22-12-14-23(15-13-22)35(30,31)28(21-9-7-6-8-10-21)19-26(29)27(2)18-20-11-16-24(32-3)25(17-20)33-4/h6-17H,5,18-19H2,1-4H3. The summed E-state index contributed by atoms with van der Waals surface area (Å²) in [6, 6.07) is 20.1. The summed E-state index contributed by atoms with van der Waals surface area (Å²) in [6.45, 7) is 2.24. The lowest BCUT2D eigenvalue weighted by molar-refractivity contribution is -0.128. The average Bonchev–Trinajstić information content (AvgIpc) is 2.87. The smallest absolute Gasteiger partial charge is 0.264 e. The van der Waals surface area contributed by atoms with Gasteiger partial charge in [-0.2, -0.15) is 0 Å². The Morgan fingerprint density at radius 3 is 2.14 bits per heavy atom. The number of benzene rings is 3. The van der Waals surface area contributed by atoms with E-state index in [0.717, 1.165) is 9.87 Å². The number of para-hydroxylation sites is 1. The molecular weight excluding hydrogens is 468 g/mol. The van der Waals surface area contributed by atoms with Crippen LogP contribution in [0.5, 0.6) is 17.2 Å². The van der Waals surface area contributed by atoms with Gasteiger partial charge < -0.3 is 19.1 Å². The predicted molar refractivity (Wildman–Crippen MR) is 135 cm³/mol. The van der Waals surface area contributed by atoms with Gasteiger partial charge in [0.05, 0.1) is 31.4 Å². The number of carbonyl (C=O) groups excluding carboxylic acids is 1. The van der Waals surface area contributed by atoms with E-state index in [1.54, 1.807) is 75.9 Å². The third-order valence-electron chi connectivity index (χ3n) is 5.34. The number of carbonyl (C=O) groups is 1. The quantitative estimate of drug-likeness (QED) is 0.398. The van der Waals surface area contributed by atoms with Crippen molar-refractivity contribution < 1.29 is 27.4 Å². The van der Waals surface area contributed by atoms with Crippen molar-refractivity contribution in [3.05, 3.63) is 78.4 Å². The molecule has 3 aromatic carbocycles. The minimum atomic E-state index is -4.01. The molecule has 8 nitrogen and oxygen atoms in total. The Morgan fingerprint density at radius 2 is 1.54 bits per heavy atom. The average molecular weight is 499 g/mol. The molecule has 9 heteroatoms. The normalized spacial score (nSPS) is 11.0. The molecule has 0 aromatic heterocycles. The maximum Gasteiger partial charge on any atom is 0.264 e. The Labute approximate surface area is 206 Å². The Bertz CT molecular complexity index is 1230. The van der Waals surface area contributed by atoms with Crippen molar-refractivity contribution in [2.24, 2.45) is 0 Å². The minimum Gasteiger partial charge on any atom is -0.494 e. The molecule has 0 N–H and O–H groups in total. The van der Waals surface area contributed by atoms with Crippen LogP contribution >= 0.6 is 0 Å². The van der Waals surface area contributed by atoms with Crippen molar-refractivity contribution in [2.45, 2.75) is 18.4 Å². The van der Waals surface area contributed by atoms with Crippen LogP contribution in [0.2, 0.25) is 0 Å². The highest BCUT2D eigenvalue weighted by Gasteiger charge is 2.28. The molecule has 0 atom stereocenters. The van der Waals surface area contributed by atoms with E-state index < -0.39 is 10.0 Å². The van der Waals surface area contributed by atoms with Crippen LogP contribution in [0.3, 0.4) is 0 Å². The van der Waals surface area contributed by atoms with E-state index >= 15 is 0 Å². The molecule has 0 saturated heterocycles. The Hall–Kier alpha value is -3.72. The van der Waals surface area contributed by atoms with Gasteiger partial charge in [0.2, 0.25) is 5.91 Å². The van der Waals surface area contributed by atoms with Crippen molar-refractivity contribution in [1.29, 1.82) is 0 Å². The number of amides is 1. The van der Waals surface area contributed by atoms with Crippen LogP contribution in [-0.4, -0.2) is 53.6 Å². The Morgan fingerprint density at radius 1 is 0.886 bits per heavy atom. The van der Waals surface area contributed by atoms with Gasteiger partial charge in [0.15, 0.2) is 11.5 Å². The van der Waals surface area contributed by atoms with Crippen LogP contribution in [0.4, 0.5) is 5.69 Å². The number of ether oxygens (including phenoxy) is 3. The number of hydrogen-bond donors (Lipinski definition) is 0. The van der Waals surface area contributed by atoms with Crippen LogP contribution < -0.4 is 18.5 Å². The molecule has 0 heterocycles. The molecule has 0 aliphatic rings. The number of methoxy groups -OCH3 is 2. The summed E-state index contributed by atoms with van der Waals surface area (Å²) in [7, 11) is 0.711. The molecule has 0 spiro atoms. The first-order valence-electron chi connectivity index (χ1n) is 11.1. The van der Waals surface area contributed by atoms with E-state index in [1.807, 2.05) is 13.0 Å². The molecule has 0 unspecified atom stereocenters. The van der Waals surface area contributed by atoms with E-state index in [1.165, 1.54) is 17.0 Å². The molecular formula is C26H30N2O6S. The highest BCUT2D eigenvalue weighted by atomic mass is 32.2. The van der Waals surface area contributed by atoms with Crippen molar-refractivity contribution in [1.82, 2.24) is 4.90 Å². The number of sulfonamides is 1. The van der Waals surface area contributed by atoms with Crippen LogP contribution in [0, 0.1) is 0 Å². The van der Waals surface area contributed by atoms with Crippen molar-refractivity contribution in [3.8, 4) is 17.2 Å². The molecule has 0 aliphatic carbocycles. The molecule has 35 heavy (non-hydrogen) atoms. The fraction of sp³-hybridized carbons (Fsp3) is 0.269. The van der Waals surface area contributed by atoms with Gasteiger partial charge in [-0.05, 0) is 61.0 Å². The molecule has 0 bridgehead atoms. The zero-order valence-electron chi connectivity index (χ0n) is 20.3. The van der Waals surface area contributed by atoms with Gasteiger partial charge in [-0.25, -0.2) is 8.42 Å². The van der Waals surface area contributed by atoms with E-state index in [4.69, 9.17) is 14.2 Å². The molecule has 3 rings (SSSR count). The van der Waals surface area contributed by atoms with Crippen molar-refractivity contribution in [3.63, 3.8) is 0 Å². The van der Waals surface area contributed by atoms with Gasteiger partial charge in [0.25, 0.3) is 10.0 Å². The number of hydrogen-bond acceptors (Lipinski definition) is 6. The van der Waals surface area contributed by atoms with E-state index in [9.17, 15) is 13.2 Å². The number of likely N-dealkylation sites (N-methyl/N-ethyl adjacent to an activating group) is 1. The fourth-order valence-electron chi connectivity index (χ4n) is 3.50. The third kappa shape index (κ3) is 6.24. The van der Waals surface area contributed by atoms with E-state index in [2.05, 4.69) is 0 Å². The van der Waals surface area contributed by atoms with E-state index in [-0.39, 0.29) is 23.9 Å². The Kier molecular flexibility index (Phi) is 8.59. The number of anilines is 1. The topological polar surface area (TPSA) is 85.4 Å². The summed E-state index contributed by atoms with van der Waals surface area (Å²) in [4.78, 5) is 14.7. The van der Waals surface area contributed by atoms with Crippen LogP contribution in [0.1, 0.15) is 12.5 Å². The SMILES string of the molecule is CCOc1ccc(S(=O)(=O)N(CC(=O)N(C)Cc2ccc(OC)c(OC)c2)c2ccccc2)cc1. The molecule has 0 fully saturated rings. The molecule has 186 valence electrons. The maximum atomic E-state index is 13.6. The third-order valence-corrected chi connectivity index (χ3v) is 7.13. The lowest BCUT2D eigenvalue weighted by atomic mass is 10.2. The second kappa shape index (κ2) is 11.6. The number of rotatable bonds is 11. The maximum absolute atomic E-state index is 13.6. The lowest BCUT2D eigenvalue weighted by Crippen LogP contribution is -2.41. The van der Waals surface area contributed by atoms with Crippen LogP contribution in [0.25, 0.3) is 0 Å². The zero-order chi connectivity index (χ0) is 25.4. The summed E-state index contributed by atoms with van der Waals surface area (Å²) in [5.41, 5.74) is 1.22. The highest BCUT2D eigenvalue weighted by molar-refractivity contribution is 7.92. The minimum absolute atomic E-state index is 0.0696. The monoisotopic (exact) mass is 498 g/mol. The summed E-state index contributed by atoms with van der Waals surface area (Å²) in [5.74, 6) is 1.35. The summed E-state index contributed by atoms with van der Waals surface area (Å²) in [5, 5.41) is 0. The molecule has 0 saturated carbocycles. The lowest BCUT2D eigenvalue weighted by Gasteiger charge is -2.27. The van der Waals surface area contributed by atoms with Crippen LogP contribution in [-0.2, 0) is 21.4 Å². The van der Waals surface area contributed by atoms with Gasteiger partial charge in [0.1, 0.15) is 12.3 Å². The first-order chi connectivity index (χ1) is 16.8. The van der Waals surface area contributed by atoms with E-state index in [0.29, 0.717) is 29.5 Å². The fourth-order valence-corrected chi connectivity index (χ4v) is 4.91. The van der Waals surface area contributed by atoms with Crippen molar-refractivity contribution in [2.75, 3.05) is 38.7 Å². The molecule has 0 radical (unpaired) electrons. The summed E-state index contributed by atoms with van der Waals surface area (Å²) >= 11 is 0. The zero-order valence-corrected chi connectivity index (χ0v) is 21.1.